The van der Waals surface area contributed by atoms with E-state index < -0.39 is 0 Å². The average Bonchev–Trinajstić information content (AvgIpc) is 3.15. The molecule has 0 atom stereocenters. The van der Waals surface area contributed by atoms with Gasteiger partial charge in [-0.05, 0) is 48.4 Å². The molecule has 5 aromatic rings. The van der Waals surface area contributed by atoms with E-state index in [-0.39, 0.29) is 24.6 Å². The maximum Gasteiger partial charge on any atom is 0.278 e. The Kier molecular flexibility index (Phi) is 6.32. The van der Waals surface area contributed by atoms with Gasteiger partial charge in [-0.2, -0.15) is 0 Å². The van der Waals surface area contributed by atoms with Crippen molar-refractivity contribution in [3.8, 4) is 0 Å². The summed E-state index contributed by atoms with van der Waals surface area (Å²) in [6.45, 7) is 2.62. The number of rotatable bonds is 6. The molecule has 2 heterocycles. The molecule has 0 aliphatic carbocycles. The van der Waals surface area contributed by atoms with Crippen LogP contribution in [0.1, 0.15) is 16.7 Å². The number of nitrogens with zero attached hydrogens (tertiary/aromatic N) is 3. The Balaban J connectivity index is 1.54. The lowest BCUT2D eigenvalue weighted by molar-refractivity contribution is -0.121. The highest BCUT2D eigenvalue weighted by Gasteiger charge is 2.19. The van der Waals surface area contributed by atoms with Gasteiger partial charge in [-0.3, -0.25) is 14.2 Å². The van der Waals surface area contributed by atoms with Crippen LogP contribution in [0.15, 0.2) is 77.9 Å². The van der Waals surface area contributed by atoms with E-state index in [0.717, 1.165) is 27.6 Å². The Morgan fingerprint density at radius 1 is 1.03 bits per heavy atom. The number of benzene rings is 3. The van der Waals surface area contributed by atoms with Gasteiger partial charge in [-0.1, -0.05) is 65.2 Å². The SMILES string of the molecule is Cc1ccc2c(c1)c1ncn(Cc3ccccc3Cl)c(=O)c1n2CC(=O)NCc1ccc(Cl)cc1. The Hall–Kier alpha value is -3.61. The second kappa shape index (κ2) is 9.56. The van der Waals surface area contributed by atoms with Gasteiger partial charge in [-0.25, -0.2) is 4.98 Å². The maximum atomic E-state index is 13.6. The number of nitrogens with one attached hydrogen (secondary N) is 1. The fraction of sp³-hybridized carbons (Fsp3) is 0.148. The normalized spacial score (nSPS) is 11.3. The molecule has 6 nitrogen and oxygen atoms in total. The third-order valence-corrected chi connectivity index (χ3v) is 6.61. The topological polar surface area (TPSA) is 68.9 Å². The van der Waals surface area contributed by atoms with Crippen LogP contribution in [-0.4, -0.2) is 20.0 Å². The molecule has 0 aliphatic rings. The summed E-state index contributed by atoms with van der Waals surface area (Å²) in [6.07, 6.45) is 1.54. The van der Waals surface area contributed by atoms with Crippen molar-refractivity contribution in [3.05, 3.63) is 110 Å². The van der Waals surface area contributed by atoms with Crippen molar-refractivity contribution < 1.29 is 4.79 Å². The number of fused-ring (bicyclic) bond motifs is 3. The number of carbonyl (C=O) groups is 1. The minimum atomic E-state index is -0.228. The first-order chi connectivity index (χ1) is 16.9. The zero-order valence-corrected chi connectivity index (χ0v) is 20.5. The summed E-state index contributed by atoms with van der Waals surface area (Å²) >= 11 is 12.3. The molecule has 0 radical (unpaired) electrons. The Labute approximate surface area is 211 Å². The monoisotopic (exact) mass is 504 g/mol. The van der Waals surface area contributed by atoms with E-state index in [9.17, 15) is 9.59 Å². The van der Waals surface area contributed by atoms with Crippen LogP contribution in [0.25, 0.3) is 21.9 Å². The van der Waals surface area contributed by atoms with Crippen molar-refractivity contribution in [3.63, 3.8) is 0 Å². The maximum absolute atomic E-state index is 13.6. The third kappa shape index (κ3) is 4.67. The van der Waals surface area contributed by atoms with Crippen LogP contribution >= 0.6 is 23.2 Å². The van der Waals surface area contributed by atoms with Crippen molar-refractivity contribution >= 4 is 51.0 Å². The number of hydrogen-bond donors (Lipinski definition) is 1. The molecule has 0 bridgehead atoms. The zero-order valence-electron chi connectivity index (χ0n) is 19.0. The van der Waals surface area contributed by atoms with Crippen LogP contribution in [0.2, 0.25) is 10.0 Å². The first-order valence-electron chi connectivity index (χ1n) is 11.1. The number of hydrogen-bond acceptors (Lipinski definition) is 3. The van der Waals surface area contributed by atoms with E-state index in [2.05, 4.69) is 10.3 Å². The van der Waals surface area contributed by atoms with Crippen LogP contribution in [0.3, 0.4) is 0 Å². The van der Waals surface area contributed by atoms with E-state index in [1.54, 1.807) is 29.1 Å². The molecule has 3 aromatic carbocycles. The third-order valence-electron chi connectivity index (χ3n) is 5.99. The summed E-state index contributed by atoms with van der Waals surface area (Å²) in [5, 5.41) is 4.99. The molecule has 0 fully saturated rings. The largest absolute Gasteiger partial charge is 0.350 e. The lowest BCUT2D eigenvalue weighted by Gasteiger charge is -2.10. The summed E-state index contributed by atoms with van der Waals surface area (Å²) in [4.78, 5) is 31.2. The first kappa shape index (κ1) is 23.1. The van der Waals surface area contributed by atoms with Gasteiger partial charge in [0, 0.05) is 22.0 Å². The van der Waals surface area contributed by atoms with Gasteiger partial charge in [0.05, 0.1) is 18.4 Å². The van der Waals surface area contributed by atoms with Crippen LogP contribution in [0, 0.1) is 6.92 Å². The molecule has 0 saturated carbocycles. The Bertz CT molecular complexity index is 1620. The number of aromatic nitrogens is 3. The lowest BCUT2D eigenvalue weighted by Crippen LogP contribution is -2.29. The molecule has 35 heavy (non-hydrogen) atoms. The molecule has 1 amide bonds. The molecular formula is C27H22Cl2N4O2. The highest BCUT2D eigenvalue weighted by Crippen LogP contribution is 2.27. The predicted molar refractivity (Wildman–Crippen MR) is 140 cm³/mol. The van der Waals surface area contributed by atoms with Crippen molar-refractivity contribution in [2.24, 2.45) is 0 Å². The minimum Gasteiger partial charge on any atom is -0.350 e. The lowest BCUT2D eigenvalue weighted by atomic mass is 10.1. The summed E-state index contributed by atoms with van der Waals surface area (Å²) < 4.78 is 3.27. The van der Waals surface area contributed by atoms with Gasteiger partial charge < -0.3 is 9.88 Å². The molecule has 0 spiro atoms. The number of aryl methyl sites for hydroxylation is 1. The molecule has 8 heteroatoms. The smallest absolute Gasteiger partial charge is 0.278 e. The summed E-state index contributed by atoms with van der Waals surface area (Å²) in [6, 6.07) is 20.6. The second-order valence-electron chi connectivity index (χ2n) is 8.48. The fourth-order valence-corrected chi connectivity index (χ4v) is 4.52. The summed E-state index contributed by atoms with van der Waals surface area (Å²) in [5.74, 6) is -0.208. The van der Waals surface area contributed by atoms with Gasteiger partial charge in [0.25, 0.3) is 5.56 Å². The molecule has 2 aromatic heterocycles. The van der Waals surface area contributed by atoms with E-state index in [4.69, 9.17) is 23.2 Å². The van der Waals surface area contributed by atoms with Gasteiger partial charge in [-0.15, -0.1) is 0 Å². The van der Waals surface area contributed by atoms with Crippen LogP contribution in [0.4, 0.5) is 0 Å². The van der Waals surface area contributed by atoms with Crippen LogP contribution in [0.5, 0.6) is 0 Å². The van der Waals surface area contributed by atoms with Crippen LogP contribution < -0.4 is 10.9 Å². The minimum absolute atomic E-state index is 0.0102. The Morgan fingerprint density at radius 2 is 1.80 bits per heavy atom. The number of halogens is 2. The van der Waals surface area contributed by atoms with E-state index in [0.29, 0.717) is 27.6 Å². The molecule has 0 unspecified atom stereocenters. The highest BCUT2D eigenvalue weighted by molar-refractivity contribution is 6.31. The summed E-state index contributed by atoms with van der Waals surface area (Å²) in [5.41, 5.74) is 4.32. The van der Waals surface area contributed by atoms with Crippen LogP contribution in [-0.2, 0) is 24.4 Å². The van der Waals surface area contributed by atoms with Gasteiger partial charge >= 0.3 is 0 Å². The average molecular weight is 505 g/mol. The molecule has 1 N–H and O–H groups in total. The standard InChI is InChI=1S/C27H22Cl2N4O2/c1-17-6-11-23-21(12-17)25-26(27(35)32(16-31-25)14-19-4-2-3-5-22(19)29)33(23)15-24(34)30-13-18-7-9-20(28)10-8-18/h2-12,16H,13-15H2,1H3,(H,30,34). The molecular weight excluding hydrogens is 483 g/mol. The van der Waals surface area contributed by atoms with Crippen molar-refractivity contribution in [2.45, 2.75) is 26.6 Å². The quantitative estimate of drug-likeness (QED) is 0.339. The van der Waals surface area contributed by atoms with E-state index >= 15 is 0 Å². The molecule has 0 saturated heterocycles. The van der Waals surface area contributed by atoms with E-state index in [1.807, 2.05) is 55.5 Å². The molecule has 0 aliphatic heterocycles. The van der Waals surface area contributed by atoms with Gasteiger partial charge in [0.2, 0.25) is 5.91 Å². The van der Waals surface area contributed by atoms with Gasteiger partial charge in [0.1, 0.15) is 17.6 Å². The first-order valence-corrected chi connectivity index (χ1v) is 11.9. The number of carbonyl (C=O) groups excluding carboxylic acids is 1. The highest BCUT2D eigenvalue weighted by atomic mass is 35.5. The summed E-state index contributed by atoms with van der Waals surface area (Å²) in [7, 11) is 0. The van der Waals surface area contributed by atoms with Gasteiger partial charge in [0.15, 0.2) is 0 Å². The van der Waals surface area contributed by atoms with Crippen molar-refractivity contribution in [1.29, 1.82) is 0 Å². The number of amides is 1. The zero-order chi connectivity index (χ0) is 24.5. The van der Waals surface area contributed by atoms with E-state index in [1.165, 1.54) is 4.57 Å². The molecule has 5 rings (SSSR count). The molecule has 176 valence electrons. The second-order valence-corrected chi connectivity index (χ2v) is 9.32. The Morgan fingerprint density at radius 3 is 2.57 bits per heavy atom. The van der Waals surface area contributed by atoms with Crippen molar-refractivity contribution in [1.82, 2.24) is 19.4 Å². The fourth-order valence-electron chi connectivity index (χ4n) is 4.20. The van der Waals surface area contributed by atoms with Crippen molar-refractivity contribution in [2.75, 3.05) is 0 Å². The predicted octanol–water partition coefficient (Wildman–Crippen LogP) is 5.33.